The van der Waals surface area contributed by atoms with Crippen LogP contribution in [0, 0.1) is 0 Å². The minimum Gasteiger partial charge on any atom is -0.455 e. The van der Waals surface area contributed by atoms with Crippen LogP contribution in [0.3, 0.4) is 0 Å². The highest BCUT2D eigenvalue weighted by Crippen LogP contribution is 2.37. The van der Waals surface area contributed by atoms with E-state index in [1.54, 1.807) is 0 Å². The average molecular weight is 268 g/mol. The molecule has 1 heterocycles. The fourth-order valence-corrected chi connectivity index (χ4v) is 3.27. The van der Waals surface area contributed by atoms with Crippen molar-refractivity contribution in [3.63, 3.8) is 0 Å². The first-order valence-corrected chi connectivity index (χ1v) is 7.13. The van der Waals surface area contributed by atoms with Gasteiger partial charge in [0.15, 0.2) is 0 Å². The van der Waals surface area contributed by atoms with Crippen LogP contribution in [-0.2, 0) is 0 Å². The highest BCUT2D eigenvalue weighted by atomic mass is 16.3. The summed E-state index contributed by atoms with van der Waals surface area (Å²) in [5.74, 6) is 0. The lowest BCUT2D eigenvalue weighted by Crippen LogP contribution is -1.74. The smallest absolute Gasteiger partial charge is 0.143 e. The fraction of sp³-hybridized carbons (Fsp3) is 0. The molecule has 0 amide bonds. The number of furan rings is 1. The first kappa shape index (κ1) is 10.9. The van der Waals surface area contributed by atoms with Gasteiger partial charge in [0.2, 0.25) is 0 Å². The molecule has 0 aliphatic heterocycles. The molecule has 1 nitrogen and oxygen atoms in total. The third-order valence-electron chi connectivity index (χ3n) is 4.25. The van der Waals surface area contributed by atoms with E-state index in [4.69, 9.17) is 4.42 Å². The summed E-state index contributed by atoms with van der Waals surface area (Å²) in [4.78, 5) is 0. The van der Waals surface area contributed by atoms with Crippen molar-refractivity contribution >= 4 is 43.5 Å². The van der Waals surface area contributed by atoms with E-state index in [1.165, 1.54) is 32.3 Å². The molecule has 4 aromatic carbocycles. The van der Waals surface area contributed by atoms with Crippen molar-refractivity contribution < 1.29 is 4.42 Å². The maximum absolute atomic E-state index is 6.17. The van der Waals surface area contributed by atoms with Gasteiger partial charge in [0.05, 0.1) is 0 Å². The van der Waals surface area contributed by atoms with Gasteiger partial charge in [-0.3, -0.25) is 0 Å². The summed E-state index contributed by atoms with van der Waals surface area (Å²) in [5, 5.41) is 7.31. The summed E-state index contributed by atoms with van der Waals surface area (Å²) in [7, 11) is 0. The number of benzene rings is 4. The number of rotatable bonds is 0. The SMILES string of the molecule is c1ccc2c(c1)ccc1c2oc2ccc3ccccc3c21. The van der Waals surface area contributed by atoms with E-state index >= 15 is 0 Å². The van der Waals surface area contributed by atoms with Crippen molar-refractivity contribution in [1.82, 2.24) is 0 Å². The van der Waals surface area contributed by atoms with Gasteiger partial charge in [0.1, 0.15) is 11.2 Å². The molecule has 0 N–H and O–H groups in total. The molecule has 98 valence electrons. The number of hydrogen-bond donors (Lipinski definition) is 0. The van der Waals surface area contributed by atoms with E-state index < -0.39 is 0 Å². The monoisotopic (exact) mass is 268 g/mol. The summed E-state index contributed by atoms with van der Waals surface area (Å²) >= 11 is 0. The van der Waals surface area contributed by atoms with E-state index in [9.17, 15) is 0 Å². The summed E-state index contributed by atoms with van der Waals surface area (Å²) in [6, 6.07) is 25.4. The maximum atomic E-state index is 6.17. The molecule has 0 saturated heterocycles. The van der Waals surface area contributed by atoms with Crippen LogP contribution in [0.1, 0.15) is 0 Å². The van der Waals surface area contributed by atoms with Gasteiger partial charge in [-0.25, -0.2) is 0 Å². The van der Waals surface area contributed by atoms with Crippen molar-refractivity contribution in [2.24, 2.45) is 0 Å². The maximum Gasteiger partial charge on any atom is 0.143 e. The molecule has 1 aromatic heterocycles. The molecule has 0 spiro atoms. The molecule has 0 atom stereocenters. The van der Waals surface area contributed by atoms with Crippen LogP contribution in [0.2, 0.25) is 0 Å². The second-order valence-corrected chi connectivity index (χ2v) is 5.43. The number of hydrogen-bond acceptors (Lipinski definition) is 1. The highest BCUT2D eigenvalue weighted by Gasteiger charge is 2.12. The Morgan fingerprint density at radius 2 is 1.19 bits per heavy atom. The molecule has 1 heteroatoms. The standard InChI is InChI=1S/C20H12O/c1-3-7-15-13(5-1)10-12-18-19(15)17-11-9-14-6-2-4-8-16(14)20(17)21-18/h1-12H. The summed E-state index contributed by atoms with van der Waals surface area (Å²) in [5.41, 5.74) is 1.94. The molecule has 0 radical (unpaired) electrons. The largest absolute Gasteiger partial charge is 0.455 e. The quantitative estimate of drug-likeness (QED) is 0.341. The van der Waals surface area contributed by atoms with Crippen molar-refractivity contribution in [3.8, 4) is 0 Å². The molecule has 0 aliphatic rings. The molecule has 0 unspecified atom stereocenters. The van der Waals surface area contributed by atoms with E-state index in [-0.39, 0.29) is 0 Å². The molecule has 0 fully saturated rings. The molecular weight excluding hydrogens is 256 g/mol. The lowest BCUT2D eigenvalue weighted by molar-refractivity contribution is 0.673. The molecule has 0 bridgehead atoms. The zero-order valence-electron chi connectivity index (χ0n) is 11.3. The van der Waals surface area contributed by atoms with E-state index in [2.05, 4.69) is 72.8 Å². The van der Waals surface area contributed by atoms with Crippen LogP contribution in [0.4, 0.5) is 0 Å². The first-order chi connectivity index (χ1) is 10.4. The van der Waals surface area contributed by atoms with Crippen LogP contribution in [0.15, 0.2) is 77.2 Å². The Kier molecular flexibility index (Phi) is 2.01. The van der Waals surface area contributed by atoms with E-state index in [0.717, 1.165) is 11.2 Å². The molecule has 0 aliphatic carbocycles. The third kappa shape index (κ3) is 1.40. The van der Waals surface area contributed by atoms with Gasteiger partial charge in [0.25, 0.3) is 0 Å². The molecule has 0 saturated carbocycles. The van der Waals surface area contributed by atoms with E-state index in [1.807, 2.05) is 0 Å². The predicted octanol–water partition coefficient (Wildman–Crippen LogP) is 5.89. The van der Waals surface area contributed by atoms with Gasteiger partial charge < -0.3 is 4.42 Å². The van der Waals surface area contributed by atoms with Gasteiger partial charge in [-0.15, -0.1) is 0 Å². The fourth-order valence-electron chi connectivity index (χ4n) is 3.27. The lowest BCUT2D eigenvalue weighted by Gasteiger charge is -1.99. The molecule has 21 heavy (non-hydrogen) atoms. The zero-order valence-corrected chi connectivity index (χ0v) is 11.3. The average Bonchev–Trinajstić information content (AvgIpc) is 2.94. The molecule has 5 rings (SSSR count). The van der Waals surface area contributed by atoms with Gasteiger partial charge >= 0.3 is 0 Å². The Morgan fingerprint density at radius 3 is 2.05 bits per heavy atom. The highest BCUT2D eigenvalue weighted by molar-refractivity contribution is 6.23. The predicted molar refractivity (Wildman–Crippen MR) is 88.7 cm³/mol. The summed E-state index contributed by atoms with van der Waals surface area (Å²) in [6.45, 7) is 0. The van der Waals surface area contributed by atoms with E-state index in [0.29, 0.717) is 0 Å². The lowest BCUT2D eigenvalue weighted by atomic mass is 10.0. The third-order valence-corrected chi connectivity index (χ3v) is 4.25. The molecular formula is C20H12O. The minimum atomic E-state index is 0.958. The Balaban J connectivity index is 2.11. The van der Waals surface area contributed by atoms with Crippen LogP contribution in [0.25, 0.3) is 43.5 Å². The minimum absolute atomic E-state index is 0.958. The van der Waals surface area contributed by atoms with Gasteiger partial charge in [0, 0.05) is 16.2 Å². The topological polar surface area (TPSA) is 13.1 Å². The second kappa shape index (κ2) is 3.86. The Hall–Kier alpha value is -2.80. The normalized spacial score (nSPS) is 11.8. The van der Waals surface area contributed by atoms with Crippen LogP contribution >= 0.6 is 0 Å². The number of fused-ring (bicyclic) bond motifs is 7. The van der Waals surface area contributed by atoms with Gasteiger partial charge in [-0.1, -0.05) is 60.7 Å². The van der Waals surface area contributed by atoms with Crippen LogP contribution in [-0.4, -0.2) is 0 Å². The molecule has 5 aromatic rings. The first-order valence-electron chi connectivity index (χ1n) is 7.13. The Labute approximate surface area is 121 Å². The van der Waals surface area contributed by atoms with Gasteiger partial charge in [-0.05, 0) is 28.3 Å². The van der Waals surface area contributed by atoms with Crippen molar-refractivity contribution in [2.75, 3.05) is 0 Å². The second-order valence-electron chi connectivity index (χ2n) is 5.43. The Morgan fingerprint density at radius 1 is 0.524 bits per heavy atom. The summed E-state index contributed by atoms with van der Waals surface area (Å²) in [6.07, 6.45) is 0. The van der Waals surface area contributed by atoms with Gasteiger partial charge in [-0.2, -0.15) is 0 Å². The van der Waals surface area contributed by atoms with Crippen LogP contribution in [0.5, 0.6) is 0 Å². The Bertz CT molecular complexity index is 1130. The van der Waals surface area contributed by atoms with Crippen molar-refractivity contribution in [2.45, 2.75) is 0 Å². The van der Waals surface area contributed by atoms with Crippen molar-refractivity contribution in [1.29, 1.82) is 0 Å². The van der Waals surface area contributed by atoms with Crippen LogP contribution < -0.4 is 0 Å². The zero-order chi connectivity index (χ0) is 13.8. The summed E-state index contributed by atoms with van der Waals surface area (Å²) < 4.78 is 6.17. The van der Waals surface area contributed by atoms with Crippen molar-refractivity contribution in [3.05, 3.63) is 72.8 Å².